The fourth-order valence-corrected chi connectivity index (χ4v) is 1.93. The molecule has 2 nitrogen and oxygen atoms in total. The number of halogens is 1. The second-order valence-corrected chi connectivity index (χ2v) is 5.08. The Balaban J connectivity index is 2.82. The predicted octanol–water partition coefficient (Wildman–Crippen LogP) is 3.93. The number of aliphatic hydroxyl groups excluding tert-OH is 1. The van der Waals surface area contributed by atoms with Crippen LogP contribution in [0, 0.1) is 5.92 Å². The quantitative estimate of drug-likeness (QED) is 0.889. The standard InChI is InChI=1S/C13H19BrO2/c1-4-7-16-12-6-5-10(8-11(12)14)13(15)9(2)3/h5-6,8-9,13,15H,4,7H2,1-3H3. The second-order valence-electron chi connectivity index (χ2n) is 4.23. The maximum absolute atomic E-state index is 9.93. The second kappa shape index (κ2) is 6.26. The highest BCUT2D eigenvalue weighted by atomic mass is 79.9. The van der Waals surface area contributed by atoms with E-state index in [9.17, 15) is 5.11 Å². The van der Waals surface area contributed by atoms with Gasteiger partial charge in [-0.05, 0) is 46.0 Å². The fraction of sp³-hybridized carbons (Fsp3) is 0.538. The van der Waals surface area contributed by atoms with Crippen LogP contribution in [-0.4, -0.2) is 11.7 Å². The summed E-state index contributed by atoms with van der Waals surface area (Å²) >= 11 is 3.46. The zero-order chi connectivity index (χ0) is 12.1. The first-order valence-electron chi connectivity index (χ1n) is 5.66. The third-order valence-electron chi connectivity index (χ3n) is 2.39. The highest BCUT2D eigenvalue weighted by Gasteiger charge is 2.13. The average Bonchev–Trinajstić information content (AvgIpc) is 2.26. The molecule has 0 aliphatic carbocycles. The number of aliphatic hydroxyl groups is 1. The van der Waals surface area contributed by atoms with Gasteiger partial charge in [-0.25, -0.2) is 0 Å². The molecular weight excluding hydrogens is 268 g/mol. The van der Waals surface area contributed by atoms with Crippen LogP contribution in [-0.2, 0) is 0 Å². The third-order valence-corrected chi connectivity index (χ3v) is 3.01. The van der Waals surface area contributed by atoms with Gasteiger partial charge in [0.15, 0.2) is 0 Å². The molecule has 0 aromatic heterocycles. The lowest BCUT2D eigenvalue weighted by molar-refractivity contribution is 0.127. The summed E-state index contributed by atoms with van der Waals surface area (Å²) in [6.45, 7) is 6.79. The Morgan fingerprint density at radius 3 is 2.56 bits per heavy atom. The minimum Gasteiger partial charge on any atom is -0.492 e. The molecule has 0 heterocycles. The topological polar surface area (TPSA) is 29.5 Å². The zero-order valence-corrected chi connectivity index (χ0v) is 11.6. The van der Waals surface area contributed by atoms with Crippen molar-refractivity contribution in [2.24, 2.45) is 5.92 Å². The Labute approximate surface area is 106 Å². The van der Waals surface area contributed by atoms with Crippen LogP contribution in [0.4, 0.5) is 0 Å². The van der Waals surface area contributed by atoms with E-state index in [0.717, 1.165) is 22.2 Å². The van der Waals surface area contributed by atoms with Crippen LogP contribution in [0.25, 0.3) is 0 Å². The van der Waals surface area contributed by atoms with Crippen LogP contribution in [0.15, 0.2) is 22.7 Å². The Morgan fingerprint density at radius 1 is 1.38 bits per heavy atom. The van der Waals surface area contributed by atoms with Crippen molar-refractivity contribution in [1.29, 1.82) is 0 Å². The zero-order valence-electron chi connectivity index (χ0n) is 10.0. The first kappa shape index (κ1) is 13.5. The van der Waals surface area contributed by atoms with Crippen LogP contribution >= 0.6 is 15.9 Å². The summed E-state index contributed by atoms with van der Waals surface area (Å²) in [6.07, 6.45) is 0.569. The van der Waals surface area contributed by atoms with E-state index in [1.807, 2.05) is 32.0 Å². The van der Waals surface area contributed by atoms with Crippen molar-refractivity contribution in [2.75, 3.05) is 6.61 Å². The molecule has 0 aliphatic heterocycles. The number of ether oxygens (including phenoxy) is 1. The summed E-state index contributed by atoms with van der Waals surface area (Å²) in [5, 5.41) is 9.93. The van der Waals surface area contributed by atoms with Gasteiger partial charge in [0.25, 0.3) is 0 Å². The molecule has 0 fully saturated rings. The minimum atomic E-state index is -0.420. The summed E-state index contributed by atoms with van der Waals surface area (Å²) in [5.41, 5.74) is 0.922. The number of rotatable bonds is 5. The molecule has 90 valence electrons. The van der Waals surface area contributed by atoms with E-state index < -0.39 is 6.10 Å². The molecule has 0 radical (unpaired) electrons. The molecule has 0 saturated carbocycles. The summed E-state index contributed by atoms with van der Waals surface area (Å²) < 4.78 is 6.45. The lowest BCUT2D eigenvalue weighted by atomic mass is 9.99. The first-order chi connectivity index (χ1) is 7.56. The molecule has 0 saturated heterocycles. The molecule has 1 aromatic carbocycles. The average molecular weight is 287 g/mol. The lowest BCUT2D eigenvalue weighted by Gasteiger charge is -2.16. The van der Waals surface area contributed by atoms with Gasteiger partial charge in [-0.2, -0.15) is 0 Å². The van der Waals surface area contributed by atoms with Crippen molar-refractivity contribution in [1.82, 2.24) is 0 Å². The first-order valence-corrected chi connectivity index (χ1v) is 6.45. The SMILES string of the molecule is CCCOc1ccc(C(O)C(C)C)cc1Br. The van der Waals surface area contributed by atoms with Gasteiger partial charge in [0.05, 0.1) is 17.2 Å². The fourth-order valence-electron chi connectivity index (χ4n) is 1.42. The maximum atomic E-state index is 9.93. The molecule has 1 atom stereocenters. The predicted molar refractivity (Wildman–Crippen MR) is 69.7 cm³/mol. The molecule has 1 rings (SSSR count). The van der Waals surface area contributed by atoms with Crippen LogP contribution in [0.1, 0.15) is 38.9 Å². The molecule has 0 spiro atoms. The van der Waals surface area contributed by atoms with Crippen LogP contribution in [0.3, 0.4) is 0 Å². The minimum absolute atomic E-state index is 0.217. The smallest absolute Gasteiger partial charge is 0.133 e. The van der Waals surface area contributed by atoms with Gasteiger partial charge >= 0.3 is 0 Å². The molecule has 16 heavy (non-hydrogen) atoms. The van der Waals surface area contributed by atoms with Crippen molar-refractivity contribution in [3.8, 4) is 5.75 Å². The number of hydrogen-bond donors (Lipinski definition) is 1. The highest BCUT2D eigenvalue weighted by Crippen LogP contribution is 2.30. The van der Waals surface area contributed by atoms with Crippen molar-refractivity contribution in [2.45, 2.75) is 33.3 Å². The van der Waals surface area contributed by atoms with Crippen LogP contribution in [0.2, 0.25) is 0 Å². The molecule has 0 aliphatic rings. The summed E-state index contributed by atoms with van der Waals surface area (Å²) in [4.78, 5) is 0. The van der Waals surface area contributed by atoms with Crippen LogP contribution < -0.4 is 4.74 Å². The van der Waals surface area contributed by atoms with Gasteiger partial charge in [-0.3, -0.25) is 0 Å². The Kier molecular flexibility index (Phi) is 5.29. The summed E-state index contributed by atoms with van der Waals surface area (Å²) in [7, 11) is 0. The van der Waals surface area contributed by atoms with E-state index in [1.165, 1.54) is 0 Å². The van der Waals surface area contributed by atoms with Gasteiger partial charge in [-0.15, -0.1) is 0 Å². The monoisotopic (exact) mass is 286 g/mol. The van der Waals surface area contributed by atoms with Gasteiger partial charge < -0.3 is 9.84 Å². The number of hydrogen-bond acceptors (Lipinski definition) is 2. The van der Waals surface area contributed by atoms with Gasteiger partial charge in [0.1, 0.15) is 5.75 Å². The Hall–Kier alpha value is -0.540. The molecule has 0 amide bonds. The summed E-state index contributed by atoms with van der Waals surface area (Å²) in [6, 6.07) is 5.75. The Bertz CT molecular complexity index is 337. The summed E-state index contributed by atoms with van der Waals surface area (Å²) in [5.74, 6) is 1.05. The lowest BCUT2D eigenvalue weighted by Crippen LogP contribution is -2.05. The van der Waals surface area contributed by atoms with Crippen molar-refractivity contribution in [3.05, 3.63) is 28.2 Å². The van der Waals surface area contributed by atoms with Crippen molar-refractivity contribution < 1.29 is 9.84 Å². The van der Waals surface area contributed by atoms with Gasteiger partial charge in [0, 0.05) is 0 Å². The molecule has 0 bridgehead atoms. The van der Waals surface area contributed by atoms with Crippen LogP contribution in [0.5, 0.6) is 5.75 Å². The molecule has 1 N–H and O–H groups in total. The number of benzene rings is 1. The molecule has 3 heteroatoms. The normalized spacial score (nSPS) is 12.9. The van der Waals surface area contributed by atoms with E-state index in [0.29, 0.717) is 6.61 Å². The molecule has 1 unspecified atom stereocenters. The Morgan fingerprint density at radius 2 is 2.06 bits per heavy atom. The largest absolute Gasteiger partial charge is 0.492 e. The van der Waals surface area contributed by atoms with Gasteiger partial charge in [-0.1, -0.05) is 26.8 Å². The maximum Gasteiger partial charge on any atom is 0.133 e. The van der Waals surface area contributed by atoms with Gasteiger partial charge in [0.2, 0.25) is 0 Å². The van der Waals surface area contributed by atoms with E-state index in [1.54, 1.807) is 0 Å². The van der Waals surface area contributed by atoms with E-state index in [-0.39, 0.29) is 5.92 Å². The van der Waals surface area contributed by atoms with E-state index in [2.05, 4.69) is 22.9 Å². The van der Waals surface area contributed by atoms with Crippen molar-refractivity contribution >= 4 is 15.9 Å². The molecule has 1 aromatic rings. The van der Waals surface area contributed by atoms with Crippen molar-refractivity contribution in [3.63, 3.8) is 0 Å². The highest BCUT2D eigenvalue weighted by molar-refractivity contribution is 9.10. The third kappa shape index (κ3) is 3.49. The van der Waals surface area contributed by atoms with E-state index in [4.69, 9.17) is 4.74 Å². The molecular formula is C13H19BrO2. The van der Waals surface area contributed by atoms with E-state index >= 15 is 0 Å².